The van der Waals surface area contributed by atoms with Crippen LogP contribution in [0.5, 0.6) is 0 Å². The van der Waals surface area contributed by atoms with Gasteiger partial charge in [0, 0.05) is 11.8 Å². The van der Waals surface area contributed by atoms with Gasteiger partial charge in [0.25, 0.3) is 0 Å². The standard InChI is InChI=1S/C9H16O4.C8H16O3.C7H12O3.C6H12O2.C6H10O.CH4.Al.ClH.Li.4H/c1-4-7(8(10)11-3)9(2)12-5-6-13-9;1-3-7(6-9)8(2)10-4-5-11-8;1-4-6(5(2)8)7(9)10-3;1-3-6(4-7)5(2)8;1-4-5(2)6(3)7;;;;;;;;/h7H,4-6H2,1-3H3;7,9H,3-6H2,1-2H3;6H,4H2,1-3H3;6-7H,3-4H2,1-2H3;2,4H2,1,3H3;1H4;;1H;;;;;/q;;;;;;;;+1;;;;-1. The Morgan fingerprint density at radius 2 is 1.13 bits per heavy atom. The Kier molecular flexibility index (Phi) is 47.5. The maximum atomic E-state index is 11.4. The van der Waals surface area contributed by atoms with Crippen molar-refractivity contribution in [1.29, 1.82) is 0 Å². The molecule has 2 rings (SSSR count). The number of ketones is 3. The number of esters is 2. The van der Waals surface area contributed by atoms with Gasteiger partial charge in [0.2, 0.25) is 0 Å². The van der Waals surface area contributed by atoms with Crippen molar-refractivity contribution in [2.24, 2.45) is 23.7 Å². The number of halogens is 1. The summed E-state index contributed by atoms with van der Waals surface area (Å²) in [5, 5.41) is 17.5. The van der Waals surface area contributed by atoms with Crippen molar-refractivity contribution in [3.8, 4) is 0 Å². The fraction of sp³-hybridized carbons (Fsp3) is 0.811. The molecular weight excluding hydrogens is 722 g/mol. The maximum absolute atomic E-state index is 11.4. The molecule has 2 fully saturated rings. The summed E-state index contributed by atoms with van der Waals surface area (Å²) in [6.07, 6.45) is 3.57. The number of aliphatic hydroxyl groups excluding tert-OH is 2. The monoisotopic (exact) mass is 796 g/mol. The Labute approximate surface area is 350 Å². The second-order valence-electron chi connectivity index (χ2n) is 11.7. The van der Waals surface area contributed by atoms with Crippen molar-refractivity contribution in [2.45, 2.75) is 120 Å². The summed E-state index contributed by atoms with van der Waals surface area (Å²) < 4.78 is 30.7. The Balaban J connectivity index is -0.0000000811. The summed E-state index contributed by atoms with van der Waals surface area (Å²) in [6, 6.07) is 0. The van der Waals surface area contributed by atoms with Gasteiger partial charge in [-0.15, -0.1) is 12.4 Å². The van der Waals surface area contributed by atoms with Crippen LogP contribution >= 0.6 is 12.4 Å². The van der Waals surface area contributed by atoms with E-state index in [1.54, 1.807) is 13.8 Å². The number of allylic oxidation sites excluding steroid dienone is 1. The van der Waals surface area contributed by atoms with Crippen LogP contribution in [0.3, 0.4) is 0 Å². The van der Waals surface area contributed by atoms with Crippen LogP contribution in [0.15, 0.2) is 12.2 Å². The van der Waals surface area contributed by atoms with Crippen molar-refractivity contribution < 1.29 is 82.9 Å². The van der Waals surface area contributed by atoms with Crippen LogP contribution in [0.1, 0.15) is 110 Å². The van der Waals surface area contributed by atoms with E-state index in [4.69, 9.17) is 29.2 Å². The van der Waals surface area contributed by atoms with Gasteiger partial charge in [-0.25, -0.2) is 0 Å². The Hall–Kier alpha value is -1.13. The second-order valence-corrected chi connectivity index (χ2v) is 11.7. The van der Waals surface area contributed by atoms with Gasteiger partial charge in [0.15, 0.2) is 34.7 Å². The molecule has 0 bridgehead atoms. The zero-order valence-electron chi connectivity index (χ0n) is 34.6. The molecule has 2 aliphatic rings. The number of carbonyl (C=O) groups is 5. The van der Waals surface area contributed by atoms with E-state index in [9.17, 15) is 24.0 Å². The molecule has 2 aliphatic heterocycles. The van der Waals surface area contributed by atoms with E-state index in [-0.39, 0.29) is 112 Å². The normalized spacial score (nSPS) is 16.3. The first kappa shape index (κ1) is 66.7. The Morgan fingerprint density at radius 3 is 1.30 bits per heavy atom. The number of hydrogen-bond acceptors (Lipinski definition) is 13. The first-order chi connectivity index (χ1) is 22.9. The van der Waals surface area contributed by atoms with E-state index in [2.05, 4.69) is 16.1 Å². The molecule has 0 saturated carbocycles. The molecule has 0 aliphatic carbocycles. The zero-order chi connectivity index (χ0) is 38.8. The van der Waals surface area contributed by atoms with E-state index in [0.29, 0.717) is 44.8 Å². The molecule has 0 amide bonds. The summed E-state index contributed by atoms with van der Waals surface area (Å²) in [6.45, 7) is 23.7. The van der Waals surface area contributed by atoms with Crippen molar-refractivity contribution in [3.63, 3.8) is 0 Å². The minimum atomic E-state index is -0.790. The summed E-state index contributed by atoms with van der Waals surface area (Å²) in [5.41, 5.74) is 0.708. The van der Waals surface area contributed by atoms with Gasteiger partial charge in [-0.2, -0.15) is 0 Å². The summed E-state index contributed by atoms with van der Waals surface area (Å²) in [4.78, 5) is 53.5. The Bertz CT molecular complexity index is 987. The molecule has 53 heavy (non-hydrogen) atoms. The average Bonchev–Trinajstić information content (AvgIpc) is 3.72. The van der Waals surface area contributed by atoms with E-state index in [1.165, 1.54) is 35.0 Å². The van der Waals surface area contributed by atoms with Crippen molar-refractivity contribution >= 4 is 59.1 Å². The number of rotatable bonds is 14. The molecular formula is C37H75AlClLiO13. The third kappa shape index (κ3) is 27.2. The summed E-state index contributed by atoms with van der Waals surface area (Å²) >= 11 is 0. The van der Waals surface area contributed by atoms with Gasteiger partial charge in [-0.1, -0.05) is 48.6 Å². The topological polar surface area (TPSA) is 181 Å². The van der Waals surface area contributed by atoms with E-state index >= 15 is 0 Å². The molecule has 2 heterocycles. The van der Waals surface area contributed by atoms with Crippen LogP contribution in [0.2, 0.25) is 0 Å². The molecule has 312 valence electrons. The van der Waals surface area contributed by atoms with Crippen LogP contribution in [0, 0.1) is 23.7 Å². The quantitative estimate of drug-likeness (QED) is 0.112. The fourth-order valence-corrected chi connectivity index (χ4v) is 4.61. The van der Waals surface area contributed by atoms with Crippen LogP contribution in [-0.4, -0.2) is 122 Å². The first-order valence-electron chi connectivity index (χ1n) is 17.0. The minimum Gasteiger partial charge on any atom is -1.00 e. The SMILES string of the molecule is C.C=C(CC)C(C)=O.CCC(C(=O)OC)C1(C)OCCO1.CCC(C(C)=O)C(=O)OC.CCC(CO)C(C)=O.CCC(CO)C1(C)OCCO1.Cl.[AlH3].[H-].[Li+]. The predicted octanol–water partition coefficient (Wildman–Crippen LogP) is 1.62. The van der Waals surface area contributed by atoms with E-state index < -0.39 is 23.5 Å². The molecule has 4 atom stereocenters. The number of ether oxygens (including phenoxy) is 6. The van der Waals surface area contributed by atoms with Gasteiger partial charge in [-0.3, -0.25) is 24.0 Å². The minimum absolute atomic E-state index is 0. The van der Waals surface area contributed by atoms with E-state index in [0.717, 1.165) is 19.3 Å². The van der Waals surface area contributed by atoms with Crippen LogP contribution < -0.4 is 18.9 Å². The van der Waals surface area contributed by atoms with E-state index in [1.807, 2.05) is 34.6 Å². The molecule has 16 heteroatoms. The molecule has 13 nitrogen and oxygen atoms in total. The molecule has 0 aromatic rings. The Morgan fingerprint density at radius 1 is 0.717 bits per heavy atom. The number of hydrogen-bond donors (Lipinski definition) is 2. The number of aliphatic hydroxyl groups is 2. The molecule has 2 saturated heterocycles. The summed E-state index contributed by atoms with van der Waals surface area (Å²) in [5.74, 6) is -2.91. The summed E-state index contributed by atoms with van der Waals surface area (Å²) in [7, 11) is 2.66. The van der Waals surface area contributed by atoms with Gasteiger partial charge < -0.3 is 40.1 Å². The van der Waals surface area contributed by atoms with Crippen LogP contribution in [0.4, 0.5) is 0 Å². The van der Waals surface area contributed by atoms with Gasteiger partial charge in [0.1, 0.15) is 23.4 Å². The van der Waals surface area contributed by atoms with Crippen LogP contribution in [0.25, 0.3) is 0 Å². The predicted molar refractivity (Wildman–Crippen MR) is 210 cm³/mol. The fourth-order valence-electron chi connectivity index (χ4n) is 4.61. The molecule has 0 aromatic heterocycles. The molecule has 0 aromatic carbocycles. The van der Waals surface area contributed by atoms with Gasteiger partial charge in [0.05, 0.1) is 53.9 Å². The second kappa shape index (κ2) is 37.8. The van der Waals surface area contributed by atoms with Crippen molar-refractivity contribution in [1.82, 2.24) is 0 Å². The number of Topliss-reactive ketones (excluding diaryl/α,β-unsaturated/α-hetero) is 3. The van der Waals surface area contributed by atoms with Crippen molar-refractivity contribution in [3.05, 3.63) is 12.2 Å². The molecule has 4 unspecified atom stereocenters. The zero-order valence-corrected chi connectivity index (χ0v) is 34.4. The average molecular weight is 797 g/mol. The first-order valence-corrected chi connectivity index (χ1v) is 17.0. The smallest absolute Gasteiger partial charge is 1.00 e. The molecule has 0 radical (unpaired) electrons. The van der Waals surface area contributed by atoms with Crippen LogP contribution in [-0.2, 0) is 52.4 Å². The number of methoxy groups -OCH3 is 2. The largest absolute Gasteiger partial charge is 1.00 e. The molecule has 2 N–H and O–H groups in total. The third-order valence-corrected chi connectivity index (χ3v) is 8.30. The van der Waals surface area contributed by atoms with Crippen molar-refractivity contribution in [2.75, 3.05) is 53.9 Å². The number of carbonyl (C=O) groups excluding carboxylic acids is 5. The maximum Gasteiger partial charge on any atom is 1.00 e. The van der Waals surface area contributed by atoms with Gasteiger partial charge >= 0.3 is 30.8 Å². The molecule has 0 spiro atoms. The third-order valence-electron chi connectivity index (χ3n) is 8.30. The van der Waals surface area contributed by atoms with Gasteiger partial charge in [-0.05, 0) is 72.3 Å².